The van der Waals surface area contributed by atoms with Gasteiger partial charge in [-0.05, 0) is 35.4 Å². The van der Waals surface area contributed by atoms with Crippen molar-refractivity contribution in [2.24, 2.45) is 10.7 Å². The van der Waals surface area contributed by atoms with Gasteiger partial charge in [0.05, 0.1) is 12.2 Å². The molecular formula is C22H26N4O2S. The van der Waals surface area contributed by atoms with E-state index in [1.54, 1.807) is 18.1 Å². The van der Waals surface area contributed by atoms with Crippen molar-refractivity contribution in [2.45, 2.75) is 18.2 Å². The van der Waals surface area contributed by atoms with Crippen molar-refractivity contribution in [3.05, 3.63) is 59.8 Å². The number of nitrogens with zero attached hydrogens (tertiary/aromatic N) is 2. The maximum absolute atomic E-state index is 11.7. The first-order chi connectivity index (χ1) is 13.9. The van der Waals surface area contributed by atoms with Crippen LogP contribution in [0.1, 0.15) is 13.3 Å². The molecule has 2 aromatic carbocycles. The second kappa shape index (κ2) is 9.05. The topological polar surface area (TPSA) is 87.8 Å². The van der Waals surface area contributed by atoms with Crippen LogP contribution in [-0.2, 0) is 15.6 Å². The van der Waals surface area contributed by atoms with Gasteiger partial charge in [0.15, 0.2) is 0 Å². The summed E-state index contributed by atoms with van der Waals surface area (Å²) in [5, 5.41) is 3.18. The van der Waals surface area contributed by atoms with Crippen LogP contribution in [0.3, 0.4) is 0 Å². The molecule has 1 amide bonds. The van der Waals surface area contributed by atoms with E-state index in [4.69, 9.17) is 5.73 Å². The fraction of sp³-hybridized carbons (Fsp3) is 0.273. The maximum atomic E-state index is 11.7. The van der Waals surface area contributed by atoms with Gasteiger partial charge in [0, 0.05) is 60.2 Å². The third-order valence-electron chi connectivity index (χ3n) is 5.02. The van der Waals surface area contributed by atoms with Gasteiger partial charge in [-0.2, -0.15) is 0 Å². The average molecular weight is 411 g/mol. The molecule has 1 aliphatic rings. The molecule has 0 fully saturated rings. The minimum absolute atomic E-state index is 0.0325. The quantitative estimate of drug-likeness (QED) is 0.586. The molecule has 152 valence electrons. The van der Waals surface area contributed by atoms with Crippen LogP contribution < -0.4 is 11.1 Å². The molecule has 0 saturated heterocycles. The van der Waals surface area contributed by atoms with Crippen LogP contribution in [0, 0.1) is 0 Å². The Morgan fingerprint density at radius 3 is 2.52 bits per heavy atom. The van der Waals surface area contributed by atoms with Crippen LogP contribution in [0.15, 0.2) is 69.7 Å². The predicted molar refractivity (Wildman–Crippen MR) is 118 cm³/mol. The monoisotopic (exact) mass is 410 g/mol. The SMILES string of the molecule is CNC1=C(C(N)=Nc2ccc(-c3cccc([S@@](C)=O)c3)cc2)CN(C(C)=O)CC1. The Balaban J connectivity index is 1.85. The highest BCUT2D eigenvalue weighted by atomic mass is 32.2. The van der Waals surface area contributed by atoms with E-state index in [2.05, 4.69) is 10.3 Å². The van der Waals surface area contributed by atoms with Gasteiger partial charge in [0.25, 0.3) is 0 Å². The number of carbonyl (C=O) groups is 1. The minimum atomic E-state index is -1.02. The fourth-order valence-electron chi connectivity index (χ4n) is 3.33. The van der Waals surface area contributed by atoms with Gasteiger partial charge in [-0.3, -0.25) is 9.00 Å². The zero-order valence-corrected chi connectivity index (χ0v) is 17.8. The summed E-state index contributed by atoms with van der Waals surface area (Å²) >= 11 is 0. The molecule has 1 aliphatic heterocycles. The normalized spacial score (nSPS) is 16.0. The summed E-state index contributed by atoms with van der Waals surface area (Å²) in [6, 6.07) is 15.5. The lowest BCUT2D eigenvalue weighted by Gasteiger charge is -2.29. The molecule has 0 spiro atoms. The first-order valence-corrected chi connectivity index (χ1v) is 11.0. The second-order valence-corrected chi connectivity index (χ2v) is 8.30. The van der Waals surface area contributed by atoms with Crippen LogP contribution in [0.25, 0.3) is 11.1 Å². The van der Waals surface area contributed by atoms with Crippen molar-refractivity contribution in [1.29, 1.82) is 0 Å². The number of carbonyl (C=O) groups excluding carboxylic acids is 1. The second-order valence-electron chi connectivity index (χ2n) is 6.92. The molecule has 3 rings (SSSR count). The van der Waals surface area contributed by atoms with Crippen LogP contribution in [-0.4, -0.2) is 47.2 Å². The van der Waals surface area contributed by atoms with Crippen molar-refractivity contribution >= 4 is 28.2 Å². The summed E-state index contributed by atoms with van der Waals surface area (Å²) in [6.45, 7) is 2.70. The standard InChI is InChI=1S/C22H26N4O2S/c1-15(27)26-12-11-21(24-2)20(14-26)22(23)25-18-9-7-16(8-10-18)17-5-4-6-19(13-17)29(3)28/h4-10,13,24H,11-12,14H2,1-3H3,(H2,23,25)/t29-/m1/s1. The van der Waals surface area contributed by atoms with Crippen LogP contribution in [0.2, 0.25) is 0 Å². The summed E-state index contributed by atoms with van der Waals surface area (Å²) in [5.74, 6) is 0.446. The van der Waals surface area contributed by atoms with E-state index in [1.807, 2.05) is 55.6 Å². The maximum Gasteiger partial charge on any atom is 0.219 e. The van der Waals surface area contributed by atoms with Gasteiger partial charge in [-0.1, -0.05) is 24.3 Å². The van der Waals surface area contributed by atoms with Gasteiger partial charge < -0.3 is 16.0 Å². The van der Waals surface area contributed by atoms with E-state index >= 15 is 0 Å². The van der Waals surface area contributed by atoms with Gasteiger partial charge in [-0.15, -0.1) is 0 Å². The molecule has 0 unspecified atom stereocenters. The minimum Gasteiger partial charge on any atom is -0.391 e. The van der Waals surface area contributed by atoms with Gasteiger partial charge in [-0.25, -0.2) is 4.99 Å². The summed E-state index contributed by atoms with van der Waals surface area (Å²) in [7, 11) is 0.843. The highest BCUT2D eigenvalue weighted by molar-refractivity contribution is 7.84. The number of hydrogen-bond donors (Lipinski definition) is 2. The Labute approximate surface area is 174 Å². The molecule has 0 radical (unpaired) electrons. The first-order valence-electron chi connectivity index (χ1n) is 9.42. The lowest BCUT2D eigenvalue weighted by Crippen LogP contribution is -2.40. The molecular weight excluding hydrogens is 384 g/mol. The van der Waals surface area contributed by atoms with Crippen LogP contribution in [0.4, 0.5) is 5.69 Å². The van der Waals surface area contributed by atoms with Crippen molar-refractivity contribution in [1.82, 2.24) is 10.2 Å². The van der Waals surface area contributed by atoms with E-state index in [0.717, 1.165) is 39.4 Å². The number of nitrogens with one attached hydrogen (secondary N) is 1. The highest BCUT2D eigenvalue weighted by Crippen LogP contribution is 2.25. The number of aliphatic imine (C=N–C) groups is 1. The lowest BCUT2D eigenvalue weighted by molar-refractivity contribution is -0.128. The highest BCUT2D eigenvalue weighted by Gasteiger charge is 2.22. The molecule has 0 aliphatic carbocycles. The number of amidine groups is 1. The molecule has 0 saturated carbocycles. The number of rotatable bonds is 5. The van der Waals surface area contributed by atoms with E-state index in [9.17, 15) is 9.00 Å². The summed E-state index contributed by atoms with van der Waals surface area (Å²) in [4.78, 5) is 18.9. The molecule has 2 aromatic rings. The third kappa shape index (κ3) is 4.92. The molecule has 0 aromatic heterocycles. The molecule has 3 N–H and O–H groups in total. The molecule has 1 heterocycles. The first kappa shape index (κ1) is 20.8. The predicted octanol–water partition coefficient (Wildman–Crippen LogP) is 2.81. The fourth-order valence-corrected chi connectivity index (χ4v) is 3.90. The van der Waals surface area contributed by atoms with Crippen LogP contribution >= 0.6 is 0 Å². The van der Waals surface area contributed by atoms with E-state index in [1.165, 1.54) is 0 Å². The van der Waals surface area contributed by atoms with Crippen molar-refractivity contribution in [3.63, 3.8) is 0 Å². The zero-order valence-electron chi connectivity index (χ0n) is 16.9. The molecule has 1 atom stereocenters. The summed E-state index contributed by atoms with van der Waals surface area (Å²) < 4.78 is 11.7. The van der Waals surface area contributed by atoms with E-state index < -0.39 is 10.8 Å². The Morgan fingerprint density at radius 1 is 1.17 bits per heavy atom. The smallest absolute Gasteiger partial charge is 0.219 e. The Hall–Kier alpha value is -2.93. The number of nitrogens with two attached hydrogens (primary N) is 1. The van der Waals surface area contributed by atoms with Crippen LogP contribution in [0.5, 0.6) is 0 Å². The number of amides is 1. The average Bonchev–Trinajstić information content (AvgIpc) is 2.73. The number of hydrogen-bond acceptors (Lipinski definition) is 4. The van der Waals surface area contributed by atoms with E-state index in [0.29, 0.717) is 18.9 Å². The van der Waals surface area contributed by atoms with Crippen molar-refractivity contribution in [2.75, 3.05) is 26.4 Å². The number of benzene rings is 2. The molecule has 6 nitrogen and oxygen atoms in total. The molecule has 29 heavy (non-hydrogen) atoms. The largest absolute Gasteiger partial charge is 0.391 e. The Morgan fingerprint density at radius 2 is 1.90 bits per heavy atom. The Bertz CT molecular complexity index is 996. The van der Waals surface area contributed by atoms with Crippen molar-refractivity contribution in [3.8, 4) is 11.1 Å². The van der Waals surface area contributed by atoms with Crippen molar-refractivity contribution < 1.29 is 9.00 Å². The Kier molecular flexibility index (Phi) is 6.49. The van der Waals surface area contributed by atoms with Gasteiger partial charge in [0.2, 0.25) is 5.91 Å². The summed E-state index contributed by atoms with van der Waals surface area (Å²) in [6.07, 6.45) is 2.40. The van der Waals surface area contributed by atoms with Gasteiger partial charge in [0.1, 0.15) is 5.84 Å². The van der Waals surface area contributed by atoms with Gasteiger partial charge >= 0.3 is 0 Å². The van der Waals surface area contributed by atoms with E-state index in [-0.39, 0.29) is 5.91 Å². The molecule has 7 heteroatoms. The molecule has 0 bridgehead atoms. The third-order valence-corrected chi connectivity index (χ3v) is 5.94. The lowest BCUT2D eigenvalue weighted by atomic mass is 10.0. The summed E-state index contributed by atoms with van der Waals surface area (Å²) in [5.41, 5.74) is 10.9. The zero-order chi connectivity index (χ0) is 21.0.